The normalized spacial score (nSPS) is 17.7. The van der Waals surface area contributed by atoms with Gasteiger partial charge < -0.3 is 19.1 Å². The number of fused-ring (bicyclic) bond motifs is 3. The molecule has 0 fully saturated rings. The lowest BCUT2D eigenvalue weighted by molar-refractivity contribution is -0.0507. The van der Waals surface area contributed by atoms with Crippen molar-refractivity contribution in [1.29, 1.82) is 0 Å². The molecule has 0 unspecified atom stereocenters. The quantitative estimate of drug-likeness (QED) is 0.478. The van der Waals surface area contributed by atoms with Crippen molar-refractivity contribution in [2.75, 3.05) is 7.11 Å². The number of para-hydroxylation sites is 1. The van der Waals surface area contributed by atoms with E-state index in [1.54, 1.807) is 47.0 Å². The predicted molar refractivity (Wildman–Crippen MR) is 110 cm³/mol. The van der Waals surface area contributed by atoms with Crippen molar-refractivity contribution in [3.63, 3.8) is 0 Å². The van der Waals surface area contributed by atoms with Crippen LogP contribution in [0.25, 0.3) is 22.2 Å². The maximum Gasteiger partial charge on any atom is 0.387 e. The second kappa shape index (κ2) is 7.83. The SMILES string of the molecule is COc1ccc(-c2ccc3nc4n(c3c2F)[C@@H](c2ccccc2OC(F)F)C[C@H]4O)cn1. The van der Waals surface area contributed by atoms with Gasteiger partial charge in [-0.05, 0) is 24.3 Å². The number of benzene rings is 2. The fraction of sp³-hybridized carbons (Fsp3) is 0.217. The highest BCUT2D eigenvalue weighted by Crippen LogP contribution is 2.45. The zero-order valence-corrected chi connectivity index (χ0v) is 16.9. The van der Waals surface area contributed by atoms with Crippen LogP contribution >= 0.6 is 0 Å². The number of aliphatic hydroxyl groups excluding tert-OH is 1. The molecule has 9 heteroatoms. The van der Waals surface area contributed by atoms with E-state index in [1.807, 2.05) is 0 Å². The first-order valence-corrected chi connectivity index (χ1v) is 9.90. The molecule has 1 aliphatic heterocycles. The third kappa shape index (κ3) is 3.25. The summed E-state index contributed by atoms with van der Waals surface area (Å²) < 4.78 is 53.0. The van der Waals surface area contributed by atoms with Gasteiger partial charge in [-0.25, -0.2) is 14.4 Å². The summed E-state index contributed by atoms with van der Waals surface area (Å²) in [5.41, 5.74) is 1.80. The third-order valence-corrected chi connectivity index (χ3v) is 5.62. The number of halogens is 3. The average molecular weight is 441 g/mol. The average Bonchev–Trinajstić information content (AvgIpc) is 3.32. The number of ether oxygens (including phenoxy) is 2. The number of pyridine rings is 1. The maximum atomic E-state index is 15.8. The van der Waals surface area contributed by atoms with Gasteiger partial charge in [0.05, 0.1) is 18.7 Å². The van der Waals surface area contributed by atoms with Crippen molar-refractivity contribution in [2.24, 2.45) is 0 Å². The van der Waals surface area contributed by atoms with Gasteiger partial charge in [-0.15, -0.1) is 0 Å². The summed E-state index contributed by atoms with van der Waals surface area (Å²) in [4.78, 5) is 8.54. The molecule has 0 saturated heterocycles. The summed E-state index contributed by atoms with van der Waals surface area (Å²) in [6.07, 6.45) is 0.690. The van der Waals surface area contributed by atoms with Crippen LogP contribution < -0.4 is 9.47 Å². The molecule has 1 N–H and O–H groups in total. The van der Waals surface area contributed by atoms with E-state index in [9.17, 15) is 13.9 Å². The van der Waals surface area contributed by atoms with Crippen molar-refractivity contribution in [1.82, 2.24) is 14.5 Å². The van der Waals surface area contributed by atoms with Gasteiger partial charge >= 0.3 is 6.61 Å². The Labute approximate surface area is 180 Å². The standard InChI is InChI=1S/C23H18F3N3O3/c1-31-19-9-6-12(11-27-19)13-7-8-15-21(20(13)24)29-16(10-17(30)22(29)28-15)14-4-2-3-5-18(14)32-23(25)26/h2-9,11,16-17,23,30H,10H2,1H3/t16-,17-/m1/s1. The molecule has 3 heterocycles. The Morgan fingerprint density at radius 3 is 2.66 bits per heavy atom. The van der Waals surface area contributed by atoms with Gasteiger partial charge in [-0.1, -0.05) is 18.2 Å². The number of alkyl halides is 2. The molecule has 4 aromatic rings. The summed E-state index contributed by atoms with van der Waals surface area (Å²) in [5.74, 6) is 0.116. The van der Waals surface area contributed by atoms with E-state index in [-0.39, 0.29) is 23.5 Å². The minimum atomic E-state index is -3.01. The van der Waals surface area contributed by atoms with Gasteiger partial charge in [0.2, 0.25) is 5.88 Å². The molecule has 32 heavy (non-hydrogen) atoms. The highest BCUT2D eigenvalue weighted by molar-refractivity contribution is 5.84. The second-order valence-corrected chi connectivity index (χ2v) is 7.41. The topological polar surface area (TPSA) is 69.4 Å². The maximum absolute atomic E-state index is 15.8. The summed E-state index contributed by atoms with van der Waals surface area (Å²) in [6.45, 7) is -3.01. The van der Waals surface area contributed by atoms with Gasteiger partial charge in [0.15, 0.2) is 5.82 Å². The summed E-state index contributed by atoms with van der Waals surface area (Å²) in [7, 11) is 1.49. The van der Waals surface area contributed by atoms with E-state index in [4.69, 9.17) is 4.74 Å². The molecule has 164 valence electrons. The van der Waals surface area contributed by atoms with Crippen LogP contribution in [-0.2, 0) is 0 Å². The Morgan fingerprint density at radius 1 is 1.12 bits per heavy atom. The number of imidazole rings is 1. The smallest absolute Gasteiger partial charge is 0.387 e. The van der Waals surface area contributed by atoms with Gasteiger partial charge in [0.25, 0.3) is 0 Å². The Balaban J connectivity index is 1.68. The monoisotopic (exact) mass is 441 g/mol. The van der Waals surface area contributed by atoms with Crippen LogP contribution in [-0.4, -0.2) is 33.4 Å². The Hall–Kier alpha value is -3.59. The van der Waals surface area contributed by atoms with Crippen LogP contribution in [0, 0.1) is 5.82 Å². The lowest BCUT2D eigenvalue weighted by Crippen LogP contribution is -2.11. The molecule has 2 aromatic heterocycles. The molecule has 2 atom stereocenters. The predicted octanol–water partition coefficient (Wildman–Crippen LogP) is 4.87. The van der Waals surface area contributed by atoms with Gasteiger partial charge in [0, 0.05) is 35.4 Å². The Bertz CT molecular complexity index is 1290. The number of hydrogen-bond donors (Lipinski definition) is 1. The third-order valence-electron chi connectivity index (χ3n) is 5.62. The van der Waals surface area contributed by atoms with Crippen LogP contribution in [0.2, 0.25) is 0 Å². The molecule has 0 amide bonds. The van der Waals surface area contributed by atoms with E-state index in [0.717, 1.165) is 0 Å². The van der Waals surface area contributed by atoms with Crippen LogP contribution in [0.3, 0.4) is 0 Å². The lowest BCUT2D eigenvalue weighted by Gasteiger charge is -2.19. The first-order valence-electron chi connectivity index (χ1n) is 9.90. The second-order valence-electron chi connectivity index (χ2n) is 7.41. The van der Waals surface area contributed by atoms with Crippen molar-refractivity contribution < 1.29 is 27.8 Å². The van der Waals surface area contributed by atoms with Crippen molar-refractivity contribution >= 4 is 11.0 Å². The Morgan fingerprint density at radius 2 is 1.94 bits per heavy atom. The molecule has 0 bridgehead atoms. The first-order chi connectivity index (χ1) is 15.5. The fourth-order valence-electron chi connectivity index (χ4n) is 4.25. The first kappa shape index (κ1) is 20.3. The highest BCUT2D eigenvalue weighted by Gasteiger charge is 2.37. The number of aliphatic hydroxyl groups is 1. The molecular formula is C23H18F3N3O3. The van der Waals surface area contributed by atoms with Crippen LogP contribution in [0.4, 0.5) is 13.2 Å². The van der Waals surface area contributed by atoms with E-state index >= 15 is 4.39 Å². The number of methoxy groups -OCH3 is 1. The summed E-state index contributed by atoms with van der Waals surface area (Å²) >= 11 is 0. The largest absolute Gasteiger partial charge is 0.481 e. The molecule has 1 aliphatic rings. The number of nitrogens with zero attached hydrogens (tertiary/aromatic N) is 3. The van der Waals surface area contributed by atoms with E-state index in [0.29, 0.717) is 28.1 Å². The van der Waals surface area contributed by atoms with E-state index < -0.39 is 24.6 Å². The van der Waals surface area contributed by atoms with E-state index in [2.05, 4.69) is 14.7 Å². The van der Waals surface area contributed by atoms with Crippen LogP contribution in [0.5, 0.6) is 11.6 Å². The summed E-state index contributed by atoms with van der Waals surface area (Å²) in [5, 5.41) is 10.6. The van der Waals surface area contributed by atoms with E-state index in [1.165, 1.54) is 19.4 Å². The van der Waals surface area contributed by atoms with Crippen molar-refractivity contribution in [3.8, 4) is 22.8 Å². The number of aromatic nitrogens is 3. The zero-order chi connectivity index (χ0) is 22.4. The molecule has 0 aliphatic carbocycles. The number of hydrogen-bond acceptors (Lipinski definition) is 5. The minimum absolute atomic E-state index is 0.0229. The lowest BCUT2D eigenvalue weighted by atomic mass is 10.0. The van der Waals surface area contributed by atoms with Gasteiger partial charge in [0.1, 0.15) is 23.2 Å². The van der Waals surface area contributed by atoms with Crippen molar-refractivity contribution in [2.45, 2.75) is 25.2 Å². The summed E-state index contributed by atoms with van der Waals surface area (Å²) in [6, 6.07) is 12.3. The van der Waals surface area contributed by atoms with Crippen molar-refractivity contribution in [3.05, 3.63) is 71.9 Å². The van der Waals surface area contributed by atoms with Gasteiger partial charge in [-0.3, -0.25) is 0 Å². The zero-order valence-electron chi connectivity index (χ0n) is 16.9. The Kier molecular flexibility index (Phi) is 4.97. The molecule has 5 rings (SSSR count). The van der Waals surface area contributed by atoms with Gasteiger partial charge in [-0.2, -0.15) is 8.78 Å². The molecule has 2 aromatic carbocycles. The number of rotatable bonds is 5. The molecule has 6 nitrogen and oxygen atoms in total. The molecule has 0 spiro atoms. The molecule has 0 saturated carbocycles. The minimum Gasteiger partial charge on any atom is -0.481 e. The molecular weight excluding hydrogens is 423 g/mol. The van der Waals surface area contributed by atoms with Crippen LogP contribution in [0.1, 0.15) is 30.0 Å². The fourth-order valence-corrected chi connectivity index (χ4v) is 4.25. The van der Waals surface area contributed by atoms with Crippen LogP contribution in [0.15, 0.2) is 54.7 Å². The highest BCUT2D eigenvalue weighted by atomic mass is 19.3. The molecule has 0 radical (unpaired) electrons.